The van der Waals surface area contributed by atoms with Gasteiger partial charge in [-0.05, 0) is 42.8 Å². The van der Waals surface area contributed by atoms with Gasteiger partial charge < -0.3 is 5.32 Å². The second kappa shape index (κ2) is 7.59. The van der Waals surface area contributed by atoms with Crippen LogP contribution in [0.2, 0.25) is 5.02 Å². The van der Waals surface area contributed by atoms with Gasteiger partial charge in [0.2, 0.25) is 10.0 Å². The fraction of sp³-hybridized carbons (Fsp3) is 0.188. The van der Waals surface area contributed by atoms with Crippen LogP contribution in [0.5, 0.6) is 0 Å². The number of hydrogen-bond donors (Lipinski definition) is 2. The van der Waals surface area contributed by atoms with Crippen molar-refractivity contribution in [3.63, 3.8) is 0 Å². The maximum atomic E-state index is 12.2. The summed E-state index contributed by atoms with van der Waals surface area (Å²) >= 11 is 5.82. The summed E-state index contributed by atoms with van der Waals surface area (Å²) in [6, 6.07) is 13.3. The van der Waals surface area contributed by atoms with Crippen LogP contribution in [-0.4, -0.2) is 27.4 Å². The maximum Gasteiger partial charge on any atom is 0.251 e. The van der Waals surface area contributed by atoms with E-state index in [-0.39, 0.29) is 23.9 Å². The first-order valence-corrected chi connectivity index (χ1v) is 8.85. The van der Waals surface area contributed by atoms with Crippen LogP contribution in [0.1, 0.15) is 15.9 Å². The second-order valence-electron chi connectivity index (χ2n) is 4.93. The van der Waals surface area contributed by atoms with Gasteiger partial charge >= 0.3 is 0 Å². The van der Waals surface area contributed by atoms with Crippen LogP contribution in [0.3, 0.4) is 0 Å². The van der Waals surface area contributed by atoms with Crippen LogP contribution < -0.4 is 10.0 Å². The third kappa shape index (κ3) is 4.79. The molecule has 2 aromatic rings. The first-order valence-electron chi connectivity index (χ1n) is 6.99. The number of carbonyl (C=O) groups is 1. The van der Waals surface area contributed by atoms with Crippen LogP contribution in [0.15, 0.2) is 53.4 Å². The lowest BCUT2D eigenvalue weighted by Crippen LogP contribution is -2.34. The van der Waals surface area contributed by atoms with Crippen molar-refractivity contribution >= 4 is 27.5 Å². The highest BCUT2D eigenvalue weighted by molar-refractivity contribution is 7.89. The van der Waals surface area contributed by atoms with E-state index in [1.54, 1.807) is 37.3 Å². The Morgan fingerprint density at radius 2 is 1.78 bits per heavy atom. The predicted molar refractivity (Wildman–Crippen MR) is 90.2 cm³/mol. The fourth-order valence-corrected chi connectivity index (χ4v) is 3.53. The molecule has 0 fully saturated rings. The Kier molecular flexibility index (Phi) is 5.76. The molecular weight excluding hydrogens is 336 g/mol. The summed E-state index contributed by atoms with van der Waals surface area (Å²) in [5.41, 5.74) is 1.10. The van der Waals surface area contributed by atoms with Crippen molar-refractivity contribution in [2.24, 2.45) is 0 Å². The number of benzene rings is 2. The summed E-state index contributed by atoms with van der Waals surface area (Å²) in [6.45, 7) is 1.97. The molecule has 0 heterocycles. The number of amides is 1. The molecule has 2 rings (SSSR count). The highest BCUT2D eigenvalue weighted by atomic mass is 35.5. The topological polar surface area (TPSA) is 75.3 Å². The highest BCUT2D eigenvalue weighted by Gasteiger charge is 2.16. The highest BCUT2D eigenvalue weighted by Crippen LogP contribution is 2.19. The van der Waals surface area contributed by atoms with Crippen LogP contribution in [0, 0.1) is 6.92 Å². The SMILES string of the molecule is Cc1cc(Cl)ccc1S(=O)(=O)NCCNC(=O)c1ccccc1. The number of aryl methyl sites for hydroxylation is 1. The van der Waals surface area contributed by atoms with Crippen molar-refractivity contribution in [2.45, 2.75) is 11.8 Å². The lowest BCUT2D eigenvalue weighted by Gasteiger charge is -2.10. The van der Waals surface area contributed by atoms with Gasteiger partial charge in [0, 0.05) is 23.7 Å². The Labute approximate surface area is 140 Å². The number of hydrogen-bond acceptors (Lipinski definition) is 3. The number of carbonyl (C=O) groups excluding carboxylic acids is 1. The maximum absolute atomic E-state index is 12.2. The molecule has 0 atom stereocenters. The van der Waals surface area contributed by atoms with E-state index in [0.29, 0.717) is 16.1 Å². The zero-order valence-electron chi connectivity index (χ0n) is 12.5. The molecular formula is C16H17ClN2O3S. The quantitative estimate of drug-likeness (QED) is 0.784. The predicted octanol–water partition coefficient (Wildman–Crippen LogP) is 2.36. The van der Waals surface area contributed by atoms with Crippen molar-refractivity contribution < 1.29 is 13.2 Å². The van der Waals surface area contributed by atoms with E-state index < -0.39 is 10.0 Å². The van der Waals surface area contributed by atoms with Gasteiger partial charge in [-0.1, -0.05) is 29.8 Å². The summed E-state index contributed by atoms with van der Waals surface area (Å²) < 4.78 is 26.9. The summed E-state index contributed by atoms with van der Waals surface area (Å²) in [5, 5.41) is 3.14. The molecule has 0 aromatic heterocycles. The Morgan fingerprint density at radius 3 is 2.43 bits per heavy atom. The largest absolute Gasteiger partial charge is 0.351 e. The molecule has 0 spiro atoms. The van der Waals surface area contributed by atoms with Crippen molar-refractivity contribution in [1.82, 2.24) is 10.0 Å². The lowest BCUT2D eigenvalue weighted by atomic mass is 10.2. The van der Waals surface area contributed by atoms with Crippen LogP contribution in [-0.2, 0) is 10.0 Å². The third-order valence-corrected chi connectivity index (χ3v) is 5.02. The number of halogens is 1. The van der Waals surface area contributed by atoms with Gasteiger partial charge in [-0.15, -0.1) is 0 Å². The minimum absolute atomic E-state index is 0.100. The summed E-state index contributed by atoms with van der Waals surface area (Å²) in [4.78, 5) is 12.0. The molecule has 0 saturated carbocycles. The fourth-order valence-electron chi connectivity index (χ4n) is 2.05. The van der Waals surface area contributed by atoms with E-state index in [1.807, 2.05) is 6.07 Å². The van der Waals surface area contributed by atoms with E-state index in [9.17, 15) is 13.2 Å². The minimum atomic E-state index is -3.63. The van der Waals surface area contributed by atoms with Crippen molar-refractivity contribution in [1.29, 1.82) is 0 Å². The van der Waals surface area contributed by atoms with E-state index in [1.165, 1.54) is 12.1 Å². The molecule has 7 heteroatoms. The zero-order chi connectivity index (χ0) is 16.9. The number of nitrogens with one attached hydrogen (secondary N) is 2. The Bertz CT molecular complexity index is 792. The van der Waals surface area contributed by atoms with Crippen LogP contribution in [0.4, 0.5) is 0 Å². The second-order valence-corrected chi connectivity index (χ2v) is 7.10. The average Bonchev–Trinajstić information content (AvgIpc) is 2.52. The molecule has 1 amide bonds. The van der Waals surface area contributed by atoms with E-state index in [2.05, 4.69) is 10.0 Å². The molecule has 0 radical (unpaired) electrons. The molecule has 0 aliphatic rings. The van der Waals surface area contributed by atoms with E-state index in [4.69, 9.17) is 11.6 Å². The molecule has 2 N–H and O–H groups in total. The standard InChI is InChI=1S/C16H17ClN2O3S/c1-12-11-14(17)7-8-15(12)23(21,22)19-10-9-18-16(20)13-5-3-2-4-6-13/h2-8,11,19H,9-10H2,1H3,(H,18,20). The molecule has 0 saturated heterocycles. The van der Waals surface area contributed by atoms with Crippen LogP contribution >= 0.6 is 11.6 Å². The van der Waals surface area contributed by atoms with Crippen molar-refractivity contribution in [3.8, 4) is 0 Å². The number of sulfonamides is 1. The van der Waals surface area contributed by atoms with Crippen molar-refractivity contribution in [3.05, 3.63) is 64.7 Å². The van der Waals surface area contributed by atoms with Crippen molar-refractivity contribution in [2.75, 3.05) is 13.1 Å². The van der Waals surface area contributed by atoms with Gasteiger partial charge in [-0.3, -0.25) is 4.79 Å². The minimum Gasteiger partial charge on any atom is -0.351 e. The Morgan fingerprint density at radius 1 is 1.09 bits per heavy atom. The lowest BCUT2D eigenvalue weighted by molar-refractivity contribution is 0.0954. The average molecular weight is 353 g/mol. The Hall–Kier alpha value is -1.89. The molecule has 23 heavy (non-hydrogen) atoms. The monoisotopic (exact) mass is 352 g/mol. The van der Waals surface area contributed by atoms with Gasteiger partial charge in [0.15, 0.2) is 0 Å². The van der Waals surface area contributed by atoms with Crippen LogP contribution in [0.25, 0.3) is 0 Å². The van der Waals surface area contributed by atoms with E-state index >= 15 is 0 Å². The van der Waals surface area contributed by atoms with Gasteiger partial charge in [0.05, 0.1) is 4.90 Å². The summed E-state index contributed by atoms with van der Waals surface area (Å²) in [7, 11) is -3.63. The molecule has 0 aliphatic carbocycles. The number of rotatable bonds is 6. The molecule has 2 aromatic carbocycles. The molecule has 0 unspecified atom stereocenters. The molecule has 0 aliphatic heterocycles. The Balaban J connectivity index is 1.89. The summed E-state index contributed by atoms with van der Waals surface area (Å²) in [5.74, 6) is -0.243. The van der Waals surface area contributed by atoms with Gasteiger partial charge in [-0.2, -0.15) is 0 Å². The normalized spacial score (nSPS) is 11.2. The summed E-state index contributed by atoms with van der Waals surface area (Å²) in [6.07, 6.45) is 0. The zero-order valence-corrected chi connectivity index (χ0v) is 14.1. The first-order chi connectivity index (χ1) is 10.9. The van der Waals surface area contributed by atoms with E-state index in [0.717, 1.165) is 0 Å². The molecule has 5 nitrogen and oxygen atoms in total. The van der Waals surface area contributed by atoms with Gasteiger partial charge in [-0.25, -0.2) is 13.1 Å². The smallest absolute Gasteiger partial charge is 0.251 e. The van der Waals surface area contributed by atoms with Gasteiger partial charge in [0.1, 0.15) is 0 Å². The van der Waals surface area contributed by atoms with Gasteiger partial charge in [0.25, 0.3) is 5.91 Å². The third-order valence-electron chi connectivity index (χ3n) is 3.17. The first kappa shape index (κ1) is 17.5. The molecule has 0 bridgehead atoms. The molecule has 122 valence electrons.